The first-order chi connectivity index (χ1) is 10.1. The number of hydrogen-bond acceptors (Lipinski definition) is 5. The summed E-state index contributed by atoms with van der Waals surface area (Å²) in [5.74, 6) is -3.02. The summed E-state index contributed by atoms with van der Waals surface area (Å²) in [6.07, 6.45) is -3.95. The number of rotatable bonds is 1. The van der Waals surface area contributed by atoms with Gasteiger partial charge >= 0.3 is 12.1 Å². The van der Waals surface area contributed by atoms with E-state index in [0.717, 1.165) is 19.6 Å². The van der Waals surface area contributed by atoms with Crippen molar-refractivity contribution in [2.75, 3.05) is 19.6 Å². The standard InChI is InChI=1S/C10H17N3O2.C2HF3O2/c1-7-6-13(5-4-11-7)8-2-3-9(14)12-10(8)15;3-2(4,5)1(6)7/h7-8,11H,2-6H2,1H3,(H,12,14,15);(H,6,7)/t7-,8?;/m1./s1. The van der Waals surface area contributed by atoms with E-state index in [0.29, 0.717) is 18.9 Å². The Balaban J connectivity index is 0.000000295. The maximum atomic E-state index is 11.6. The Bertz CT molecular complexity index is 442. The first-order valence-electron chi connectivity index (χ1n) is 6.72. The van der Waals surface area contributed by atoms with Gasteiger partial charge in [0.05, 0.1) is 6.04 Å². The second kappa shape index (κ2) is 7.54. The average molecular weight is 325 g/mol. The number of aliphatic carboxylic acids is 1. The molecule has 2 saturated heterocycles. The summed E-state index contributed by atoms with van der Waals surface area (Å²) >= 11 is 0. The van der Waals surface area contributed by atoms with E-state index in [-0.39, 0.29) is 17.9 Å². The number of alkyl halides is 3. The number of carbonyl (C=O) groups excluding carboxylic acids is 2. The highest BCUT2D eigenvalue weighted by atomic mass is 19.4. The molecule has 0 aliphatic carbocycles. The molecule has 2 heterocycles. The van der Waals surface area contributed by atoms with Crippen LogP contribution in [-0.2, 0) is 14.4 Å². The molecule has 0 bridgehead atoms. The van der Waals surface area contributed by atoms with Gasteiger partial charge in [0.1, 0.15) is 0 Å². The minimum Gasteiger partial charge on any atom is -0.475 e. The molecule has 126 valence electrons. The number of halogens is 3. The average Bonchev–Trinajstić information content (AvgIpc) is 2.38. The maximum absolute atomic E-state index is 11.6. The molecular weight excluding hydrogens is 307 g/mol. The normalized spacial score (nSPS) is 26.7. The SMILES string of the molecule is C[C@@H]1CN(C2CCC(=O)NC2=O)CCN1.O=C(O)C(F)(F)F. The van der Waals surface area contributed by atoms with Crippen molar-refractivity contribution < 1.29 is 32.7 Å². The second-order valence-electron chi connectivity index (χ2n) is 5.12. The molecule has 0 aromatic heterocycles. The van der Waals surface area contributed by atoms with E-state index in [9.17, 15) is 22.8 Å². The molecule has 2 aliphatic rings. The van der Waals surface area contributed by atoms with Gasteiger partial charge in [-0.3, -0.25) is 19.8 Å². The van der Waals surface area contributed by atoms with Crippen LogP contribution in [0.2, 0.25) is 0 Å². The number of nitrogens with zero attached hydrogens (tertiary/aromatic N) is 1. The molecule has 3 N–H and O–H groups in total. The van der Waals surface area contributed by atoms with Crippen LogP contribution in [0.25, 0.3) is 0 Å². The van der Waals surface area contributed by atoms with Crippen LogP contribution in [0.15, 0.2) is 0 Å². The Morgan fingerprint density at radius 3 is 2.41 bits per heavy atom. The molecule has 0 aromatic carbocycles. The van der Waals surface area contributed by atoms with Gasteiger partial charge in [0.25, 0.3) is 0 Å². The summed E-state index contributed by atoms with van der Waals surface area (Å²) in [7, 11) is 0. The second-order valence-corrected chi connectivity index (χ2v) is 5.12. The molecule has 2 rings (SSSR count). The summed E-state index contributed by atoms with van der Waals surface area (Å²) in [6.45, 7) is 4.79. The minimum absolute atomic E-state index is 0.104. The largest absolute Gasteiger partial charge is 0.490 e. The van der Waals surface area contributed by atoms with E-state index < -0.39 is 12.1 Å². The quantitative estimate of drug-likeness (QED) is 0.574. The number of amides is 2. The molecule has 7 nitrogen and oxygen atoms in total. The van der Waals surface area contributed by atoms with Gasteiger partial charge in [-0.2, -0.15) is 13.2 Å². The van der Waals surface area contributed by atoms with Gasteiger partial charge in [-0.15, -0.1) is 0 Å². The van der Waals surface area contributed by atoms with E-state index in [1.165, 1.54) is 0 Å². The van der Waals surface area contributed by atoms with Gasteiger partial charge < -0.3 is 10.4 Å². The lowest BCUT2D eigenvalue weighted by Crippen LogP contribution is -2.59. The summed E-state index contributed by atoms with van der Waals surface area (Å²) in [6, 6.07) is 0.316. The number of hydrogen-bond donors (Lipinski definition) is 3. The van der Waals surface area contributed by atoms with Crippen LogP contribution in [0.5, 0.6) is 0 Å². The summed E-state index contributed by atoms with van der Waals surface area (Å²) < 4.78 is 31.7. The van der Waals surface area contributed by atoms with Gasteiger partial charge in [0.15, 0.2) is 0 Å². The lowest BCUT2D eigenvalue weighted by molar-refractivity contribution is -0.192. The molecule has 0 saturated carbocycles. The van der Waals surface area contributed by atoms with Crippen LogP contribution >= 0.6 is 0 Å². The lowest BCUT2D eigenvalue weighted by atomic mass is 10.0. The Morgan fingerprint density at radius 2 is 1.95 bits per heavy atom. The number of carboxylic acids is 1. The Morgan fingerprint density at radius 1 is 1.36 bits per heavy atom. The third kappa shape index (κ3) is 5.60. The lowest BCUT2D eigenvalue weighted by Gasteiger charge is -2.38. The van der Waals surface area contributed by atoms with Crippen molar-refractivity contribution in [1.29, 1.82) is 0 Å². The fraction of sp³-hybridized carbons (Fsp3) is 0.750. The molecule has 2 amide bonds. The van der Waals surface area contributed by atoms with Crippen LogP contribution in [0.3, 0.4) is 0 Å². The van der Waals surface area contributed by atoms with Crippen molar-refractivity contribution in [3.8, 4) is 0 Å². The van der Waals surface area contributed by atoms with E-state index >= 15 is 0 Å². The van der Waals surface area contributed by atoms with Crippen LogP contribution in [-0.4, -0.2) is 65.7 Å². The van der Waals surface area contributed by atoms with E-state index in [2.05, 4.69) is 22.5 Å². The molecule has 0 aromatic rings. The Hall–Kier alpha value is -1.68. The predicted octanol–water partition coefficient (Wildman–Crippen LogP) is -0.281. The molecule has 2 fully saturated rings. The van der Waals surface area contributed by atoms with Crippen LogP contribution < -0.4 is 10.6 Å². The molecule has 10 heteroatoms. The van der Waals surface area contributed by atoms with Crippen molar-refractivity contribution in [2.24, 2.45) is 0 Å². The molecule has 22 heavy (non-hydrogen) atoms. The van der Waals surface area contributed by atoms with Crippen molar-refractivity contribution in [3.05, 3.63) is 0 Å². The van der Waals surface area contributed by atoms with Gasteiger partial charge in [-0.1, -0.05) is 0 Å². The zero-order valence-electron chi connectivity index (χ0n) is 11.9. The van der Waals surface area contributed by atoms with Gasteiger partial charge in [-0.25, -0.2) is 4.79 Å². The zero-order valence-corrected chi connectivity index (χ0v) is 11.9. The Kier molecular flexibility index (Phi) is 6.30. The third-order valence-electron chi connectivity index (χ3n) is 3.29. The van der Waals surface area contributed by atoms with E-state index in [1.807, 2.05) is 0 Å². The highest BCUT2D eigenvalue weighted by Crippen LogP contribution is 2.14. The number of carboxylic acid groups (broad SMARTS) is 1. The van der Waals surface area contributed by atoms with E-state index in [1.54, 1.807) is 0 Å². The van der Waals surface area contributed by atoms with Crippen molar-refractivity contribution in [1.82, 2.24) is 15.5 Å². The monoisotopic (exact) mass is 325 g/mol. The summed E-state index contributed by atoms with van der Waals surface area (Å²) in [5.41, 5.74) is 0. The summed E-state index contributed by atoms with van der Waals surface area (Å²) in [5, 5.41) is 12.9. The molecule has 0 radical (unpaired) electrons. The van der Waals surface area contributed by atoms with Crippen LogP contribution in [0.4, 0.5) is 13.2 Å². The molecule has 2 aliphatic heterocycles. The number of carbonyl (C=O) groups is 3. The van der Waals surface area contributed by atoms with Crippen molar-refractivity contribution in [2.45, 2.75) is 38.0 Å². The smallest absolute Gasteiger partial charge is 0.475 e. The molecule has 1 unspecified atom stereocenters. The van der Waals surface area contributed by atoms with Crippen molar-refractivity contribution in [3.63, 3.8) is 0 Å². The highest BCUT2D eigenvalue weighted by Gasteiger charge is 2.38. The van der Waals surface area contributed by atoms with Gasteiger partial charge in [0.2, 0.25) is 11.8 Å². The van der Waals surface area contributed by atoms with Crippen LogP contribution in [0, 0.1) is 0 Å². The molecule has 2 atom stereocenters. The fourth-order valence-electron chi connectivity index (χ4n) is 2.28. The highest BCUT2D eigenvalue weighted by molar-refractivity contribution is 6.00. The zero-order chi connectivity index (χ0) is 16.9. The first kappa shape index (κ1) is 18.4. The van der Waals surface area contributed by atoms with Gasteiger partial charge in [-0.05, 0) is 13.3 Å². The van der Waals surface area contributed by atoms with Crippen molar-refractivity contribution >= 4 is 17.8 Å². The number of imide groups is 1. The molecular formula is C12H18F3N3O4. The number of piperazine rings is 1. The topological polar surface area (TPSA) is 98.7 Å². The predicted molar refractivity (Wildman–Crippen MR) is 68.9 cm³/mol. The number of piperidine rings is 1. The van der Waals surface area contributed by atoms with Gasteiger partial charge in [0, 0.05) is 32.1 Å². The first-order valence-corrected chi connectivity index (χ1v) is 6.72. The van der Waals surface area contributed by atoms with Crippen LogP contribution in [0.1, 0.15) is 19.8 Å². The fourth-order valence-corrected chi connectivity index (χ4v) is 2.28. The third-order valence-corrected chi connectivity index (χ3v) is 3.29. The minimum atomic E-state index is -5.08. The van der Waals surface area contributed by atoms with E-state index in [4.69, 9.17) is 9.90 Å². The summed E-state index contributed by atoms with van der Waals surface area (Å²) in [4.78, 5) is 33.7. The molecule has 0 spiro atoms. The Labute approximate surface area is 124 Å². The maximum Gasteiger partial charge on any atom is 0.490 e. The number of nitrogens with one attached hydrogen (secondary N) is 2.